The lowest BCUT2D eigenvalue weighted by Gasteiger charge is -2.37. The fraction of sp³-hybridized carbons (Fsp3) is 0.577. The molecule has 2 N–H and O–H groups in total. The molecule has 220 valence electrons. The van der Waals surface area contributed by atoms with Crippen LogP contribution in [0.5, 0.6) is 0 Å². The van der Waals surface area contributed by atoms with E-state index in [0.717, 1.165) is 12.8 Å². The third-order valence-corrected chi connectivity index (χ3v) is 7.67. The Balaban J connectivity index is 1.29. The van der Waals surface area contributed by atoms with Gasteiger partial charge in [0.05, 0.1) is 18.8 Å². The van der Waals surface area contributed by atoms with Crippen LogP contribution in [0.4, 0.5) is 26.6 Å². The van der Waals surface area contributed by atoms with Crippen LogP contribution in [0.2, 0.25) is 0 Å². The molecule has 15 heteroatoms. The second-order valence-corrected chi connectivity index (χ2v) is 10.2. The normalized spacial score (nSPS) is 18.6. The number of nitrogens with two attached hydrogens (primary N) is 1. The Morgan fingerprint density at radius 1 is 0.951 bits per heavy atom. The van der Waals surface area contributed by atoms with Crippen LogP contribution in [0.15, 0.2) is 18.9 Å². The van der Waals surface area contributed by atoms with E-state index in [2.05, 4.69) is 31.5 Å². The molecule has 0 unspecified atom stereocenters. The molecule has 5 heterocycles. The Labute approximate surface area is 236 Å². The lowest BCUT2D eigenvalue weighted by molar-refractivity contribution is -0.133. The molecule has 0 atom stereocenters. The van der Waals surface area contributed by atoms with Gasteiger partial charge in [-0.1, -0.05) is 6.58 Å². The minimum Gasteiger partial charge on any atom is -0.378 e. The zero-order chi connectivity index (χ0) is 28.9. The van der Waals surface area contributed by atoms with Crippen molar-refractivity contribution < 1.29 is 23.1 Å². The third-order valence-electron chi connectivity index (χ3n) is 7.67. The molecule has 41 heavy (non-hydrogen) atoms. The van der Waals surface area contributed by atoms with Crippen LogP contribution in [0, 0.1) is 5.92 Å². The van der Waals surface area contributed by atoms with E-state index in [1.54, 1.807) is 4.90 Å². The fourth-order valence-electron chi connectivity index (χ4n) is 5.29. The molecule has 2 aromatic heterocycles. The second-order valence-electron chi connectivity index (χ2n) is 10.2. The molecular formula is C26H34F2N10O3. The van der Waals surface area contributed by atoms with Gasteiger partial charge in [-0.3, -0.25) is 9.59 Å². The number of piperidine rings is 1. The summed E-state index contributed by atoms with van der Waals surface area (Å²) in [5, 5.41) is 0. The molecule has 3 aliphatic rings. The second kappa shape index (κ2) is 12.7. The highest BCUT2D eigenvalue weighted by molar-refractivity contribution is 5.87. The van der Waals surface area contributed by atoms with Crippen LogP contribution in [0.25, 0.3) is 11.4 Å². The van der Waals surface area contributed by atoms with Crippen molar-refractivity contribution in [2.24, 2.45) is 5.92 Å². The van der Waals surface area contributed by atoms with Crippen LogP contribution in [0.1, 0.15) is 31.4 Å². The Kier molecular flexibility index (Phi) is 8.81. The summed E-state index contributed by atoms with van der Waals surface area (Å²) in [6, 6.07) is 0. The summed E-state index contributed by atoms with van der Waals surface area (Å²) in [7, 11) is 0. The van der Waals surface area contributed by atoms with E-state index in [0.29, 0.717) is 83.9 Å². The molecule has 0 radical (unpaired) electrons. The number of anilines is 3. The minimum absolute atomic E-state index is 0.0120. The number of likely N-dealkylation sites (tertiary alicyclic amines) is 1. The van der Waals surface area contributed by atoms with Crippen LogP contribution in [-0.2, 0) is 14.3 Å². The van der Waals surface area contributed by atoms with Crippen molar-refractivity contribution in [3.8, 4) is 11.4 Å². The predicted octanol–water partition coefficient (Wildman–Crippen LogP) is 1.15. The summed E-state index contributed by atoms with van der Waals surface area (Å²) < 4.78 is 33.1. The molecule has 5 rings (SSSR count). The van der Waals surface area contributed by atoms with E-state index in [1.807, 2.05) is 14.7 Å². The van der Waals surface area contributed by atoms with Gasteiger partial charge in [-0.15, -0.1) is 0 Å². The maximum absolute atomic E-state index is 13.8. The highest BCUT2D eigenvalue weighted by atomic mass is 19.3. The number of piperazine rings is 1. The summed E-state index contributed by atoms with van der Waals surface area (Å²) in [4.78, 5) is 53.7. The quantitative estimate of drug-likeness (QED) is 0.477. The van der Waals surface area contributed by atoms with Gasteiger partial charge in [0.1, 0.15) is 5.69 Å². The molecule has 2 aromatic rings. The van der Waals surface area contributed by atoms with Gasteiger partial charge in [0, 0.05) is 65.0 Å². The largest absolute Gasteiger partial charge is 0.378 e. The van der Waals surface area contributed by atoms with Crippen molar-refractivity contribution in [2.45, 2.75) is 25.7 Å². The summed E-state index contributed by atoms with van der Waals surface area (Å²) in [5.41, 5.74) is 5.01. The molecule has 3 fully saturated rings. The van der Waals surface area contributed by atoms with Gasteiger partial charge in [0.15, 0.2) is 5.82 Å². The van der Waals surface area contributed by atoms with Gasteiger partial charge in [-0.2, -0.15) is 15.0 Å². The fourth-order valence-corrected chi connectivity index (χ4v) is 5.29. The SMILES string of the molecule is C=CC(=O)N1CCC(CC(=O)N2CCN(c3nc(-c4cnc(N)nc4C(F)F)nc(N4CCOCC4)n3)CC2)CC1. The van der Waals surface area contributed by atoms with Crippen molar-refractivity contribution in [1.82, 2.24) is 34.7 Å². The third kappa shape index (κ3) is 6.66. The lowest BCUT2D eigenvalue weighted by atomic mass is 9.93. The summed E-state index contributed by atoms with van der Waals surface area (Å²) >= 11 is 0. The molecule has 0 spiro atoms. The highest BCUT2D eigenvalue weighted by Crippen LogP contribution is 2.30. The van der Waals surface area contributed by atoms with Crippen molar-refractivity contribution >= 4 is 29.7 Å². The van der Waals surface area contributed by atoms with Crippen molar-refractivity contribution in [2.75, 3.05) is 81.1 Å². The molecule has 2 amide bonds. The number of hydrogen-bond donors (Lipinski definition) is 1. The minimum atomic E-state index is -2.90. The summed E-state index contributed by atoms with van der Waals surface area (Å²) in [6.07, 6.45) is 1.66. The van der Waals surface area contributed by atoms with Crippen LogP contribution in [-0.4, -0.2) is 112 Å². The number of rotatable bonds is 7. The van der Waals surface area contributed by atoms with Gasteiger partial charge in [-0.25, -0.2) is 18.7 Å². The lowest BCUT2D eigenvalue weighted by Crippen LogP contribution is -2.50. The molecule has 13 nitrogen and oxygen atoms in total. The molecular weight excluding hydrogens is 538 g/mol. The number of carbonyl (C=O) groups is 2. The first-order valence-corrected chi connectivity index (χ1v) is 13.8. The Morgan fingerprint density at radius 3 is 2.20 bits per heavy atom. The number of nitrogens with zero attached hydrogens (tertiary/aromatic N) is 9. The van der Waals surface area contributed by atoms with Gasteiger partial charge in [0.2, 0.25) is 29.7 Å². The standard InChI is InChI=1S/C26H34F2N10O3/c1-2-19(39)35-5-3-17(4-6-35)15-20(40)36-7-9-37(10-8-36)25-32-23(18-16-30-24(29)31-21(18)22(27)28)33-26(34-25)38-11-13-41-14-12-38/h2,16-17,22H,1,3-15H2,(H2,29,30,31). The molecule has 0 aliphatic carbocycles. The summed E-state index contributed by atoms with van der Waals surface area (Å²) in [5.74, 6) is 0.713. The number of aromatic nitrogens is 5. The van der Waals surface area contributed by atoms with Crippen LogP contribution >= 0.6 is 0 Å². The van der Waals surface area contributed by atoms with E-state index >= 15 is 0 Å². The number of morpholine rings is 1. The first-order chi connectivity index (χ1) is 19.8. The number of alkyl halides is 2. The maximum atomic E-state index is 13.8. The number of halogens is 2. The number of ether oxygens (including phenoxy) is 1. The highest BCUT2D eigenvalue weighted by Gasteiger charge is 2.29. The first-order valence-electron chi connectivity index (χ1n) is 13.8. The molecule has 3 saturated heterocycles. The predicted molar refractivity (Wildman–Crippen MR) is 146 cm³/mol. The van der Waals surface area contributed by atoms with E-state index in [9.17, 15) is 18.4 Å². The maximum Gasteiger partial charge on any atom is 0.281 e. The number of carbonyl (C=O) groups excluding carboxylic acids is 2. The van der Waals surface area contributed by atoms with Crippen LogP contribution in [0.3, 0.4) is 0 Å². The van der Waals surface area contributed by atoms with Gasteiger partial charge < -0.3 is 30.1 Å². The Morgan fingerprint density at radius 2 is 1.59 bits per heavy atom. The topological polar surface area (TPSA) is 147 Å². The smallest absolute Gasteiger partial charge is 0.281 e. The number of nitrogen functional groups attached to an aromatic ring is 1. The average molecular weight is 573 g/mol. The van der Waals surface area contributed by atoms with Gasteiger partial charge in [0.25, 0.3) is 6.43 Å². The average Bonchev–Trinajstić information content (AvgIpc) is 3.01. The molecule has 0 aromatic carbocycles. The van der Waals surface area contributed by atoms with Gasteiger partial charge >= 0.3 is 0 Å². The van der Waals surface area contributed by atoms with Crippen molar-refractivity contribution in [3.05, 3.63) is 24.5 Å². The van der Waals surface area contributed by atoms with Crippen molar-refractivity contribution in [3.63, 3.8) is 0 Å². The monoisotopic (exact) mass is 572 g/mol. The van der Waals surface area contributed by atoms with E-state index in [1.165, 1.54) is 12.3 Å². The van der Waals surface area contributed by atoms with Gasteiger partial charge in [-0.05, 0) is 24.8 Å². The van der Waals surface area contributed by atoms with Crippen LogP contribution < -0.4 is 15.5 Å². The van der Waals surface area contributed by atoms with E-state index in [-0.39, 0.29) is 35.1 Å². The zero-order valence-corrected chi connectivity index (χ0v) is 22.8. The number of hydrogen-bond acceptors (Lipinski definition) is 11. The number of amides is 2. The van der Waals surface area contributed by atoms with Crippen molar-refractivity contribution in [1.29, 1.82) is 0 Å². The molecule has 0 bridgehead atoms. The summed E-state index contributed by atoms with van der Waals surface area (Å²) in [6.45, 7) is 8.80. The van der Waals surface area contributed by atoms with E-state index in [4.69, 9.17) is 10.5 Å². The molecule has 0 saturated carbocycles. The Bertz CT molecular complexity index is 1260. The Hall–Kier alpha value is -4.01. The zero-order valence-electron chi connectivity index (χ0n) is 22.8. The van der Waals surface area contributed by atoms with E-state index < -0.39 is 12.1 Å². The first kappa shape index (κ1) is 28.5. The molecule has 3 aliphatic heterocycles.